The molecule has 2 amide bonds. The fraction of sp³-hybridized carbons (Fsp3) is 0.528. The maximum atomic E-state index is 12.9. The van der Waals surface area contributed by atoms with Crippen LogP contribution in [-0.2, 0) is 14.3 Å². The molecular formula is C36H47N9O5. The number of amides is 2. The van der Waals surface area contributed by atoms with Gasteiger partial charge in [-0.2, -0.15) is 10.2 Å². The summed E-state index contributed by atoms with van der Waals surface area (Å²) in [5.74, 6) is 1.07. The Hall–Kier alpha value is -5.03. The lowest BCUT2D eigenvalue weighted by Crippen LogP contribution is -2.46. The van der Waals surface area contributed by atoms with Crippen LogP contribution in [0, 0.1) is 16.7 Å². The summed E-state index contributed by atoms with van der Waals surface area (Å²) in [6.07, 6.45) is 10.7. The summed E-state index contributed by atoms with van der Waals surface area (Å²) < 4.78 is 13.0. The molecule has 1 aliphatic carbocycles. The van der Waals surface area contributed by atoms with Crippen LogP contribution >= 0.6 is 0 Å². The molecule has 1 aromatic carbocycles. The van der Waals surface area contributed by atoms with E-state index in [1.807, 2.05) is 25.3 Å². The zero-order valence-electron chi connectivity index (χ0n) is 29.5. The number of ether oxygens (including phenoxy) is 2. The van der Waals surface area contributed by atoms with Crippen LogP contribution in [0.15, 0.2) is 30.7 Å². The van der Waals surface area contributed by atoms with Gasteiger partial charge in [-0.1, -0.05) is 40.5 Å². The van der Waals surface area contributed by atoms with Crippen LogP contribution in [0.1, 0.15) is 100 Å². The summed E-state index contributed by atoms with van der Waals surface area (Å²) in [4.78, 5) is 52.6. The van der Waals surface area contributed by atoms with Crippen molar-refractivity contribution in [2.75, 3.05) is 37.1 Å². The number of anilines is 3. The average Bonchev–Trinajstić information content (AvgIpc) is 3.80. The molecule has 0 radical (unpaired) electrons. The van der Waals surface area contributed by atoms with E-state index >= 15 is 0 Å². The number of unbranched alkanes of at least 4 members (excludes halogenated alkanes) is 1. The highest BCUT2D eigenvalue weighted by Crippen LogP contribution is 2.44. The molecule has 14 nitrogen and oxygen atoms in total. The first-order chi connectivity index (χ1) is 24.1. The molecule has 2 atom stereocenters. The van der Waals surface area contributed by atoms with E-state index in [4.69, 9.17) is 14.5 Å². The van der Waals surface area contributed by atoms with Crippen molar-refractivity contribution in [2.45, 2.75) is 90.8 Å². The molecule has 0 saturated heterocycles. The number of nitriles is 1. The van der Waals surface area contributed by atoms with Gasteiger partial charge in [0.05, 0.1) is 36.8 Å². The van der Waals surface area contributed by atoms with Crippen molar-refractivity contribution in [1.29, 1.82) is 5.26 Å². The van der Waals surface area contributed by atoms with Crippen LogP contribution in [0.3, 0.4) is 0 Å². The number of fused-ring (bicyclic) bond motifs is 3. The quantitative estimate of drug-likeness (QED) is 0.149. The van der Waals surface area contributed by atoms with Crippen LogP contribution in [0.25, 0.3) is 5.69 Å². The lowest BCUT2D eigenvalue weighted by Gasteiger charge is -2.41. The molecule has 0 spiro atoms. The minimum atomic E-state index is -0.581. The molecule has 0 bridgehead atoms. The number of nitrogens with zero attached hydrogens (tertiary/aromatic N) is 6. The third-order valence-corrected chi connectivity index (χ3v) is 9.25. The van der Waals surface area contributed by atoms with E-state index in [0.717, 1.165) is 55.6 Å². The van der Waals surface area contributed by atoms with Gasteiger partial charge in [0, 0.05) is 24.8 Å². The second-order valence-electron chi connectivity index (χ2n) is 13.7. The van der Waals surface area contributed by atoms with E-state index in [2.05, 4.69) is 43.8 Å². The summed E-state index contributed by atoms with van der Waals surface area (Å²) in [5, 5.41) is 18.7. The van der Waals surface area contributed by atoms with Crippen molar-refractivity contribution in [3.8, 4) is 17.5 Å². The Bertz CT molecular complexity index is 1720. The molecule has 50 heavy (non-hydrogen) atoms. The first-order valence-corrected chi connectivity index (χ1v) is 17.3. The largest absolute Gasteiger partial charge is 0.495 e. The molecule has 5 rings (SSSR count). The first-order valence-electron chi connectivity index (χ1n) is 17.3. The van der Waals surface area contributed by atoms with E-state index in [-0.39, 0.29) is 29.9 Å². The molecule has 3 aromatic rings. The summed E-state index contributed by atoms with van der Waals surface area (Å²) in [5.41, 5.74) is 2.77. The molecule has 0 unspecified atom stereocenters. The van der Waals surface area contributed by atoms with Crippen LogP contribution in [0.2, 0.25) is 0 Å². The van der Waals surface area contributed by atoms with Gasteiger partial charge in [0.15, 0.2) is 11.5 Å². The molecule has 2 aliphatic rings. The maximum Gasteiger partial charge on any atom is 0.251 e. The van der Waals surface area contributed by atoms with Gasteiger partial charge in [0.1, 0.15) is 36.7 Å². The Morgan fingerprint density at radius 2 is 1.96 bits per heavy atom. The Morgan fingerprint density at radius 1 is 1.18 bits per heavy atom. The van der Waals surface area contributed by atoms with E-state index in [1.54, 1.807) is 37.8 Å². The smallest absolute Gasteiger partial charge is 0.251 e. The lowest BCUT2D eigenvalue weighted by molar-refractivity contribution is -0.129. The highest BCUT2D eigenvalue weighted by Gasteiger charge is 2.39. The minimum absolute atomic E-state index is 0.0346. The average molecular weight is 686 g/mol. The van der Waals surface area contributed by atoms with Crippen LogP contribution in [0.4, 0.5) is 17.5 Å². The Balaban J connectivity index is 1.18. The summed E-state index contributed by atoms with van der Waals surface area (Å²) in [6.45, 7) is 8.42. The van der Waals surface area contributed by atoms with E-state index in [1.165, 1.54) is 0 Å². The van der Waals surface area contributed by atoms with Crippen LogP contribution in [-0.4, -0.2) is 76.6 Å². The van der Waals surface area contributed by atoms with Gasteiger partial charge in [0.25, 0.3) is 5.91 Å². The number of imidazole rings is 1. The van der Waals surface area contributed by atoms with Crippen molar-refractivity contribution >= 4 is 35.6 Å². The molecule has 3 heterocycles. The van der Waals surface area contributed by atoms with Gasteiger partial charge < -0.3 is 35.1 Å². The standard InChI is InChI=1S/C36H47N9O5/c1-6-27-32-26(18-37)40-22-44(32)28-19-39-35(43-33(28)45(27)24-11-7-8-12-24)41-25-14-13-23(17-29(25)49-5)34(48)38-15-9-10-16-50-21-31(47)42-30(20-46)36(2,3)4/h13-14,17,19-20,22,24,27,30H,6-12,15-16,21H2,1-5H3,(H,38,48)(H,42,47)(H,39,41,43)/t27-,30-/m1/s1. The molecule has 2 aromatic heterocycles. The molecule has 266 valence electrons. The van der Waals surface area contributed by atoms with Crippen molar-refractivity contribution in [3.05, 3.63) is 47.7 Å². The molecular weight excluding hydrogens is 638 g/mol. The van der Waals surface area contributed by atoms with Gasteiger partial charge in [0.2, 0.25) is 11.9 Å². The maximum absolute atomic E-state index is 12.9. The third-order valence-electron chi connectivity index (χ3n) is 9.25. The number of carbonyl (C=O) groups is 3. The zero-order valence-corrected chi connectivity index (χ0v) is 29.5. The number of hydrogen-bond donors (Lipinski definition) is 3. The fourth-order valence-corrected chi connectivity index (χ4v) is 6.54. The zero-order chi connectivity index (χ0) is 35.8. The van der Waals surface area contributed by atoms with Crippen molar-refractivity contribution < 1.29 is 23.9 Å². The topological polar surface area (TPSA) is 176 Å². The van der Waals surface area contributed by atoms with Gasteiger partial charge in [-0.05, 0) is 55.7 Å². The second kappa shape index (κ2) is 16.1. The van der Waals surface area contributed by atoms with Crippen molar-refractivity contribution in [2.24, 2.45) is 5.41 Å². The number of carbonyl (C=O) groups excluding carboxylic acids is 3. The molecule has 14 heteroatoms. The molecule has 1 aliphatic heterocycles. The van der Waals surface area contributed by atoms with Gasteiger partial charge >= 0.3 is 0 Å². The number of aldehydes is 1. The predicted octanol–water partition coefficient (Wildman–Crippen LogP) is 4.76. The third kappa shape index (κ3) is 8.05. The number of benzene rings is 1. The molecule has 1 fully saturated rings. The van der Waals surface area contributed by atoms with E-state index < -0.39 is 6.04 Å². The second-order valence-corrected chi connectivity index (χ2v) is 13.7. The Labute approximate surface area is 293 Å². The summed E-state index contributed by atoms with van der Waals surface area (Å²) in [7, 11) is 1.54. The summed E-state index contributed by atoms with van der Waals surface area (Å²) in [6, 6.07) is 7.10. The molecule has 3 N–H and O–H groups in total. The van der Waals surface area contributed by atoms with Crippen molar-refractivity contribution in [3.63, 3.8) is 0 Å². The fourth-order valence-electron chi connectivity index (χ4n) is 6.54. The Morgan fingerprint density at radius 3 is 2.64 bits per heavy atom. The number of rotatable bonds is 15. The highest BCUT2D eigenvalue weighted by molar-refractivity contribution is 5.95. The Kier molecular flexibility index (Phi) is 11.7. The van der Waals surface area contributed by atoms with Crippen LogP contribution < -0.4 is 25.6 Å². The number of methoxy groups -OCH3 is 1. The van der Waals surface area contributed by atoms with E-state index in [9.17, 15) is 19.6 Å². The normalized spacial score (nSPS) is 16.2. The van der Waals surface area contributed by atoms with Crippen molar-refractivity contribution in [1.82, 2.24) is 30.2 Å². The van der Waals surface area contributed by atoms with Gasteiger partial charge in [-0.15, -0.1) is 0 Å². The SMILES string of the molecule is CC[C@@H]1c2c(C#N)ncn2-c2cnc(Nc3ccc(C(=O)NCCCCOCC(=O)N[C@H](C=O)C(C)(C)C)cc3OC)nc2N1C1CCCC1. The summed E-state index contributed by atoms with van der Waals surface area (Å²) >= 11 is 0. The monoisotopic (exact) mass is 685 g/mol. The molecule has 1 saturated carbocycles. The number of hydrogen-bond acceptors (Lipinski definition) is 11. The van der Waals surface area contributed by atoms with Gasteiger partial charge in [-0.3, -0.25) is 14.2 Å². The van der Waals surface area contributed by atoms with Gasteiger partial charge in [-0.25, -0.2) is 9.97 Å². The highest BCUT2D eigenvalue weighted by atomic mass is 16.5. The minimum Gasteiger partial charge on any atom is -0.495 e. The predicted molar refractivity (Wildman–Crippen MR) is 188 cm³/mol. The lowest BCUT2D eigenvalue weighted by atomic mass is 9.88. The number of nitrogens with one attached hydrogen (secondary N) is 3. The van der Waals surface area contributed by atoms with E-state index in [0.29, 0.717) is 60.7 Å². The van der Waals surface area contributed by atoms with Crippen LogP contribution in [0.5, 0.6) is 5.75 Å². The number of aromatic nitrogens is 4. The first kappa shape index (κ1) is 36.3.